The highest BCUT2D eigenvalue weighted by Gasteiger charge is 2.18. The fourth-order valence-electron chi connectivity index (χ4n) is 2.66. The molecule has 0 aliphatic rings. The Kier molecular flexibility index (Phi) is 8.05. The maximum Gasteiger partial charge on any atom is 0.261 e. The number of benzene rings is 2. The molecule has 0 bridgehead atoms. The Balaban J connectivity index is 1.75. The number of carbonyl (C=O) groups is 1. The van der Waals surface area contributed by atoms with E-state index in [-0.39, 0.29) is 5.91 Å². The second kappa shape index (κ2) is 10.3. The molecular formula is C22H29NO2S. The summed E-state index contributed by atoms with van der Waals surface area (Å²) in [6, 6.07) is 14.6. The van der Waals surface area contributed by atoms with Gasteiger partial charge < -0.3 is 10.1 Å². The summed E-state index contributed by atoms with van der Waals surface area (Å²) in [7, 11) is 0. The molecule has 0 heterocycles. The number of hydrogen-bond donors (Lipinski definition) is 1. The first-order valence-corrected chi connectivity index (χ1v) is 10.3. The van der Waals surface area contributed by atoms with Crippen molar-refractivity contribution in [3.8, 4) is 5.75 Å². The van der Waals surface area contributed by atoms with E-state index in [4.69, 9.17) is 4.74 Å². The molecule has 0 unspecified atom stereocenters. The summed E-state index contributed by atoms with van der Waals surface area (Å²) in [6.45, 7) is 8.76. The summed E-state index contributed by atoms with van der Waals surface area (Å²) in [5, 5.41) is 3.00. The highest BCUT2D eigenvalue weighted by molar-refractivity contribution is 7.98. The zero-order valence-corrected chi connectivity index (χ0v) is 17.0. The van der Waals surface area contributed by atoms with Gasteiger partial charge in [0.05, 0.1) is 0 Å². The Morgan fingerprint density at radius 2 is 1.88 bits per heavy atom. The highest BCUT2D eigenvalue weighted by atomic mass is 32.2. The van der Waals surface area contributed by atoms with Gasteiger partial charge >= 0.3 is 0 Å². The summed E-state index contributed by atoms with van der Waals surface area (Å²) in [5.74, 6) is 2.61. The van der Waals surface area contributed by atoms with Crippen LogP contribution in [0.5, 0.6) is 5.75 Å². The van der Waals surface area contributed by atoms with E-state index in [0.29, 0.717) is 13.0 Å². The number of thioether (sulfide) groups is 1. The molecule has 1 N–H and O–H groups in total. The number of ether oxygens (including phenoxy) is 1. The molecule has 0 saturated heterocycles. The van der Waals surface area contributed by atoms with E-state index in [1.165, 1.54) is 11.1 Å². The fourth-order valence-corrected chi connectivity index (χ4v) is 3.47. The predicted octanol–water partition coefficient (Wildman–Crippen LogP) is 4.82. The van der Waals surface area contributed by atoms with Crippen molar-refractivity contribution in [2.24, 2.45) is 0 Å². The number of hydrogen-bond acceptors (Lipinski definition) is 3. The molecule has 2 aromatic carbocycles. The van der Waals surface area contributed by atoms with Gasteiger partial charge in [-0.15, -0.1) is 0 Å². The van der Waals surface area contributed by atoms with Crippen LogP contribution in [-0.2, 0) is 10.5 Å². The Hall–Kier alpha value is -1.94. The molecule has 0 spiro atoms. The summed E-state index contributed by atoms with van der Waals surface area (Å²) >= 11 is 1.83. The molecule has 2 rings (SSSR count). The van der Waals surface area contributed by atoms with Gasteiger partial charge in [0.2, 0.25) is 0 Å². The standard InChI is InChI=1S/C22H29NO2S/c1-5-20(25-21-14-17(3)9-10-18(21)4)22(24)23-11-12-26-15-19-8-6-7-16(2)13-19/h6-10,13-14,20H,5,11-12,15H2,1-4H3,(H,23,24)/t20-/m1/s1. The van der Waals surface area contributed by atoms with Crippen LogP contribution in [0.15, 0.2) is 42.5 Å². The Labute approximate surface area is 161 Å². The van der Waals surface area contributed by atoms with Crippen molar-refractivity contribution in [1.82, 2.24) is 5.32 Å². The van der Waals surface area contributed by atoms with E-state index in [1.807, 2.05) is 44.7 Å². The third-order valence-electron chi connectivity index (χ3n) is 4.17. The zero-order valence-electron chi connectivity index (χ0n) is 16.2. The van der Waals surface area contributed by atoms with Crippen LogP contribution < -0.4 is 10.1 Å². The summed E-state index contributed by atoms with van der Waals surface area (Å²) < 4.78 is 5.96. The maximum absolute atomic E-state index is 12.4. The fraction of sp³-hybridized carbons (Fsp3) is 0.409. The molecule has 1 amide bonds. The van der Waals surface area contributed by atoms with E-state index < -0.39 is 6.10 Å². The molecule has 3 nitrogen and oxygen atoms in total. The van der Waals surface area contributed by atoms with Crippen LogP contribution in [0.3, 0.4) is 0 Å². The van der Waals surface area contributed by atoms with E-state index >= 15 is 0 Å². The van der Waals surface area contributed by atoms with Gasteiger partial charge in [-0.3, -0.25) is 4.79 Å². The van der Waals surface area contributed by atoms with E-state index in [9.17, 15) is 4.79 Å². The third kappa shape index (κ3) is 6.41. The van der Waals surface area contributed by atoms with Crippen molar-refractivity contribution >= 4 is 17.7 Å². The van der Waals surface area contributed by atoms with Crippen molar-refractivity contribution < 1.29 is 9.53 Å². The minimum absolute atomic E-state index is 0.0374. The smallest absolute Gasteiger partial charge is 0.261 e. The Bertz CT molecular complexity index is 730. The molecule has 0 aromatic heterocycles. The molecule has 0 radical (unpaired) electrons. The lowest BCUT2D eigenvalue weighted by Crippen LogP contribution is -2.39. The first kappa shape index (κ1) is 20.4. The molecule has 1 atom stereocenters. The summed E-state index contributed by atoms with van der Waals surface area (Å²) in [5.41, 5.74) is 4.79. The van der Waals surface area contributed by atoms with Gasteiger partial charge in [-0.1, -0.05) is 48.9 Å². The summed E-state index contributed by atoms with van der Waals surface area (Å²) in [4.78, 5) is 12.4. The van der Waals surface area contributed by atoms with Crippen molar-refractivity contribution in [3.63, 3.8) is 0 Å². The van der Waals surface area contributed by atoms with E-state index in [2.05, 4.69) is 42.6 Å². The minimum Gasteiger partial charge on any atom is -0.480 e. The molecule has 140 valence electrons. The lowest BCUT2D eigenvalue weighted by atomic mass is 10.1. The average Bonchev–Trinajstić information content (AvgIpc) is 2.62. The van der Waals surface area contributed by atoms with Crippen LogP contribution in [0, 0.1) is 20.8 Å². The molecule has 0 aliphatic carbocycles. The van der Waals surface area contributed by atoms with Gasteiger partial charge in [0.25, 0.3) is 5.91 Å². The molecule has 0 aliphatic heterocycles. The van der Waals surface area contributed by atoms with Crippen LogP contribution in [0.1, 0.15) is 35.6 Å². The number of amides is 1. The van der Waals surface area contributed by atoms with Crippen LogP contribution in [0.4, 0.5) is 0 Å². The van der Waals surface area contributed by atoms with Crippen molar-refractivity contribution in [3.05, 3.63) is 64.7 Å². The number of nitrogens with one attached hydrogen (secondary N) is 1. The second-order valence-corrected chi connectivity index (χ2v) is 7.72. The van der Waals surface area contributed by atoms with Crippen molar-refractivity contribution in [1.29, 1.82) is 0 Å². The zero-order chi connectivity index (χ0) is 18.9. The Morgan fingerprint density at radius 1 is 1.12 bits per heavy atom. The van der Waals surface area contributed by atoms with Gasteiger partial charge in [0, 0.05) is 18.1 Å². The molecule has 0 fully saturated rings. The van der Waals surface area contributed by atoms with Gasteiger partial charge in [-0.05, 0) is 49.9 Å². The van der Waals surface area contributed by atoms with E-state index in [0.717, 1.165) is 28.4 Å². The molecule has 0 saturated carbocycles. The Morgan fingerprint density at radius 3 is 2.62 bits per heavy atom. The topological polar surface area (TPSA) is 38.3 Å². The first-order valence-electron chi connectivity index (χ1n) is 9.14. The average molecular weight is 372 g/mol. The molecule has 4 heteroatoms. The lowest BCUT2D eigenvalue weighted by molar-refractivity contribution is -0.128. The molecular weight excluding hydrogens is 342 g/mol. The highest BCUT2D eigenvalue weighted by Crippen LogP contribution is 2.21. The first-order chi connectivity index (χ1) is 12.5. The van der Waals surface area contributed by atoms with Crippen LogP contribution in [0.25, 0.3) is 0 Å². The second-order valence-electron chi connectivity index (χ2n) is 6.62. The van der Waals surface area contributed by atoms with Gasteiger partial charge in [-0.25, -0.2) is 0 Å². The van der Waals surface area contributed by atoms with Crippen molar-refractivity contribution in [2.45, 2.75) is 46.0 Å². The molecule has 26 heavy (non-hydrogen) atoms. The minimum atomic E-state index is -0.447. The normalized spacial score (nSPS) is 11.8. The quantitative estimate of drug-likeness (QED) is 0.642. The van der Waals surface area contributed by atoms with Crippen molar-refractivity contribution in [2.75, 3.05) is 12.3 Å². The number of carbonyl (C=O) groups excluding carboxylic acids is 1. The van der Waals surface area contributed by atoms with E-state index in [1.54, 1.807) is 0 Å². The summed E-state index contributed by atoms with van der Waals surface area (Å²) in [6.07, 6.45) is 0.201. The number of aryl methyl sites for hydroxylation is 3. The van der Waals surface area contributed by atoms with Crippen LogP contribution in [0.2, 0.25) is 0 Å². The maximum atomic E-state index is 12.4. The third-order valence-corrected chi connectivity index (χ3v) is 5.20. The lowest BCUT2D eigenvalue weighted by Gasteiger charge is -2.19. The SMILES string of the molecule is CC[C@@H](Oc1cc(C)ccc1C)C(=O)NCCSCc1cccc(C)c1. The number of rotatable bonds is 9. The monoisotopic (exact) mass is 371 g/mol. The van der Waals surface area contributed by atoms with Gasteiger partial charge in [0.15, 0.2) is 6.10 Å². The van der Waals surface area contributed by atoms with Gasteiger partial charge in [-0.2, -0.15) is 11.8 Å². The molecule has 2 aromatic rings. The van der Waals surface area contributed by atoms with Gasteiger partial charge in [0.1, 0.15) is 5.75 Å². The largest absolute Gasteiger partial charge is 0.480 e. The van der Waals surface area contributed by atoms with Crippen LogP contribution in [-0.4, -0.2) is 24.3 Å². The predicted molar refractivity (Wildman–Crippen MR) is 111 cm³/mol. The van der Waals surface area contributed by atoms with Crippen LogP contribution >= 0.6 is 11.8 Å².